The highest BCUT2D eigenvalue weighted by Crippen LogP contribution is 2.30. The smallest absolute Gasteiger partial charge is 0.248 e. The van der Waals surface area contributed by atoms with Gasteiger partial charge in [-0.15, -0.1) is 0 Å². The topological polar surface area (TPSA) is 94.0 Å². The lowest BCUT2D eigenvalue weighted by molar-refractivity contribution is 0.100. The Hall–Kier alpha value is -2.11. The van der Waals surface area contributed by atoms with E-state index in [0.29, 0.717) is 22.7 Å². The molecule has 1 aliphatic carbocycles. The van der Waals surface area contributed by atoms with Gasteiger partial charge in [0.2, 0.25) is 5.91 Å². The number of halogens is 1. The molecule has 0 aliphatic heterocycles. The second kappa shape index (κ2) is 7.20. The van der Waals surface area contributed by atoms with Gasteiger partial charge in [0, 0.05) is 29.4 Å². The van der Waals surface area contributed by atoms with E-state index in [0.717, 1.165) is 42.6 Å². The van der Waals surface area contributed by atoms with Gasteiger partial charge in [0.05, 0.1) is 5.02 Å². The Morgan fingerprint density at radius 2 is 1.96 bits per heavy atom. The number of nitrogens with two attached hydrogens (primary N) is 2. The van der Waals surface area contributed by atoms with Gasteiger partial charge in [-0.25, -0.2) is 4.98 Å². The highest BCUT2D eigenvalue weighted by atomic mass is 35.5. The quantitative estimate of drug-likeness (QED) is 0.794. The van der Waals surface area contributed by atoms with Crippen molar-refractivity contribution >= 4 is 23.3 Å². The summed E-state index contributed by atoms with van der Waals surface area (Å²) in [6, 6.07) is 9.73. The van der Waals surface area contributed by atoms with E-state index in [2.05, 4.69) is 10.3 Å². The number of benzene rings is 1. The van der Waals surface area contributed by atoms with Crippen LogP contribution in [0, 0.1) is 0 Å². The summed E-state index contributed by atoms with van der Waals surface area (Å²) in [6.45, 7) is 0. The van der Waals surface area contributed by atoms with Crippen LogP contribution in [0.2, 0.25) is 5.02 Å². The van der Waals surface area contributed by atoms with Gasteiger partial charge in [-0.3, -0.25) is 4.79 Å². The predicted octanol–water partition coefficient (Wildman–Crippen LogP) is 3.18. The van der Waals surface area contributed by atoms with Crippen LogP contribution in [-0.4, -0.2) is 23.0 Å². The summed E-state index contributed by atoms with van der Waals surface area (Å²) in [5.41, 5.74) is 13.4. The van der Waals surface area contributed by atoms with Crippen molar-refractivity contribution in [2.24, 2.45) is 11.5 Å². The number of anilines is 1. The number of primary amides is 1. The maximum absolute atomic E-state index is 11.4. The van der Waals surface area contributed by atoms with Gasteiger partial charge in [0.1, 0.15) is 5.82 Å². The Labute approximate surface area is 146 Å². The molecule has 1 amide bonds. The van der Waals surface area contributed by atoms with Crippen molar-refractivity contribution in [2.45, 2.75) is 37.8 Å². The van der Waals surface area contributed by atoms with Crippen molar-refractivity contribution in [3.8, 4) is 11.1 Å². The fourth-order valence-electron chi connectivity index (χ4n) is 3.05. The van der Waals surface area contributed by atoms with Crippen molar-refractivity contribution in [1.82, 2.24) is 4.98 Å². The van der Waals surface area contributed by atoms with Crippen molar-refractivity contribution in [2.75, 3.05) is 5.32 Å². The fourth-order valence-corrected chi connectivity index (χ4v) is 3.26. The Morgan fingerprint density at radius 1 is 1.21 bits per heavy atom. The lowest BCUT2D eigenvalue weighted by Crippen LogP contribution is -2.33. The molecule has 1 heterocycles. The monoisotopic (exact) mass is 344 g/mol. The van der Waals surface area contributed by atoms with Gasteiger partial charge in [0.25, 0.3) is 0 Å². The highest BCUT2D eigenvalue weighted by molar-refractivity contribution is 6.33. The van der Waals surface area contributed by atoms with Crippen LogP contribution >= 0.6 is 11.6 Å². The summed E-state index contributed by atoms with van der Waals surface area (Å²) in [5.74, 6) is 0.318. The number of aromatic nitrogens is 1. The number of rotatable bonds is 4. The molecule has 2 aromatic rings. The standard InChI is InChI=1S/C18H21ClN4O/c19-16-10-22-17(23-14-6-4-13(20)5-7-14)9-15(16)11-2-1-3-12(8-11)18(21)24/h1-3,8-10,13-14H,4-7,20H2,(H2,21,24)(H,22,23)/t13-,14-. The molecule has 1 aliphatic rings. The summed E-state index contributed by atoms with van der Waals surface area (Å²) in [5, 5.41) is 3.99. The van der Waals surface area contributed by atoms with E-state index in [9.17, 15) is 4.79 Å². The molecule has 126 valence electrons. The minimum absolute atomic E-state index is 0.313. The number of hydrogen-bond acceptors (Lipinski definition) is 4. The van der Waals surface area contributed by atoms with Gasteiger partial charge in [0.15, 0.2) is 0 Å². The number of pyridine rings is 1. The molecule has 1 saturated carbocycles. The zero-order chi connectivity index (χ0) is 17.1. The lowest BCUT2D eigenvalue weighted by atomic mass is 9.92. The zero-order valence-electron chi connectivity index (χ0n) is 13.3. The Morgan fingerprint density at radius 3 is 2.67 bits per heavy atom. The molecule has 1 aromatic heterocycles. The molecule has 0 atom stereocenters. The molecule has 3 rings (SSSR count). The maximum atomic E-state index is 11.4. The first-order valence-corrected chi connectivity index (χ1v) is 8.48. The van der Waals surface area contributed by atoms with E-state index in [1.54, 1.807) is 24.4 Å². The SMILES string of the molecule is NC(=O)c1cccc(-c2cc(N[C@H]3CC[C@H](N)CC3)ncc2Cl)c1. The van der Waals surface area contributed by atoms with Crippen LogP contribution in [0.5, 0.6) is 0 Å². The minimum Gasteiger partial charge on any atom is -0.367 e. The predicted molar refractivity (Wildman–Crippen MR) is 97.1 cm³/mol. The third-order valence-electron chi connectivity index (χ3n) is 4.44. The van der Waals surface area contributed by atoms with Gasteiger partial charge in [-0.1, -0.05) is 23.7 Å². The van der Waals surface area contributed by atoms with Gasteiger partial charge >= 0.3 is 0 Å². The van der Waals surface area contributed by atoms with Crippen LogP contribution in [0.15, 0.2) is 36.5 Å². The van der Waals surface area contributed by atoms with Crippen LogP contribution in [0.3, 0.4) is 0 Å². The van der Waals surface area contributed by atoms with E-state index >= 15 is 0 Å². The molecule has 1 aromatic carbocycles. The van der Waals surface area contributed by atoms with Crippen molar-refractivity contribution < 1.29 is 4.79 Å². The normalized spacial score (nSPS) is 20.6. The van der Waals surface area contributed by atoms with Crippen molar-refractivity contribution in [3.63, 3.8) is 0 Å². The number of nitrogens with one attached hydrogen (secondary N) is 1. The summed E-state index contributed by atoms with van der Waals surface area (Å²) in [7, 11) is 0. The second-order valence-corrected chi connectivity index (χ2v) is 6.66. The first kappa shape index (κ1) is 16.7. The molecule has 1 fully saturated rings. The number of carbonyl (C=O) groups excluding carboxylic acids is 1. The second-order valence-electron chi connectivity index (χ2n) is 6.25. The third-order valence-corrected chi connectivity index (χ3v) is 4.74. The van der Waals surface area contributed by atoms with Gasteiger partial charge < -0.3 is 16.8 Å². The van der Waals surface area contributed by atoms with Gasteiger partial charge in [-0.2, -0.15) is 0 Å². The van der Waals surface area contributed by atoms with E-state index < -0.39 is 5.91 Å². The highest BCUT2D eigenvalue weighted by Gasteiger charge is 2.19. The van der Waals surface area contributed by atoms with Crippen molar-refractivity contribution in [3.05, 3.63) is 47.1 Å². The fraction of sp³-hybridized carbons (Fsp3) is 0.333. The average molecular weight is 345 g/mol. The summed E-state index contributed by atoms with van der Waals surface area (Å²) in [4.78, 5) is 15.7. The summed E-state index contributed by atoms with van der Waals surface area (Å²) < 4.78 is 0. The molecule has 0 unspecified atom stereocenters. The maximum Gasteiger partial charge on any atom is 0.248 e. The Bertz CT molecular complexity index is 742. The molecule has 0 bridgehead atoms. The van der Waals surface area contributed by atoms with E-state index in [1.165, 1.54) is 0 Å². The zero-order valence-corrected chi connectivity index (χ0v) is 14.1. The average Bonchev–Trinajstić information content (AvgIpc) is 2.58. The molecule has 5 N–H and O–H groups in total. The number of carbonyl (C=O) groups is 1. The molecular weight excluding hydrogens is 324 g/mol. The number of amides is 1. The van der Waals surface area contributed by atoms with E-state index in [4.69, 9.17) is 23.1 Å². The third kappa shape index (κ3) is 3.86. The van der Waals surface area contributed by atoms with Crippen LogP contribution in [-0.2, 0) is 0 Å². The molecule has 0 radical (unpaired) electrons. The molecule has 6 heteroatoms. The largest absolute Gasteiger partial charge is 0.367 e. The number of hydrogen-bond donors (Lipinski definition) is 3. The Balaban J connectivity index is 1.84. The molecule has 5 nitrogen and oxygen atoms in total. The number of nitrogens with zero attached hydrogens (tertiary/aromatic N) is 1. The van der Waals surface area contributed by atoms with Crippen molar-refractivity contribution in [1.29, 1.82) is 0 Å². The first-order valence-electron chi connectivity index (χ1n) is 8.11. The summed E-state index contributed by atoms with van der Waals surface area (Å²) >= 11 is 6.30. The van der Waals surface area contributed by atoms with Crippen LogP contribution in [0.25, 0.3) is 11.1 Å². The first-order chi connectivity index (χ1) is 11.5. The summed E-state index contributed by atoms with van der Waals surface area (Å²) in [6.07, 6.45) is 5.76. The molecule has 0 spiro atoms. The van der Waals surface area contributed by atoms with Crippen LogP contribution < -0.4 is 16.8 Å². The van der Waals surface area contributed by atoms with Gasteiger partial charge in [-0.05, 0) is 49.4 Å². The van der Waals surface area contributed by atoms with Crippen LogP contribution in [0.1, 0.15) is 36.0 Å². The van der Waals surface area contributed by atoms with E-state index in [1.807, 2.05) is 12.1 Å². The molecule has 0 saturated heterocycles. The molecular formula is C18H21ClN4O. The lowest BCUT2D eigenvalue weighted by Gasteiger charge is -2.27. The van der Waals surface area contributed by atoms with E-state index in [-0.39, 0.29) is 0 Å². The minimum atomic E-state index is -0.459. The van der Waals surface area contributed by atoms with Crippen LogP contribution in [0.4, 0.5) is 5.82 Å². The Kier molecular flexibility index (Phi) is 5.02. The molecule has 24 heavy (non-hydrogen) atoms.